The minimum Gasteiger partial charge on any atom is -0.383 e. The second-order valence-electron chi connectivity index (χ2n) is 4.81. The first-order chi connectivity index (χ1) is 9.49. The van der Waals surface area contributed by atoms with Crippen LogP contribution in [-0.4, -0.2) is 17.7 Å². The Hall–Kier alpha value is -1.37. The number of hydrogen-bond acceptors (Lipinski definition) is 4. The molecule has 1 atom stereocenters. The van der Waals surface area contributed by atoms with Crippen LogP contribution >= 0.6 is 22.7 Å². The standard InChI is InChI=1S/C14H18N2O2S2/c1-10-5-7-19-11(10)8-15-13(17)16-9-14(2,18)12-4-3-6-20-12/h3-7,18H,8-9H2,1-2H3,(H2,15,16,17). The zero-order valence-corrected chi connectivity index (χ0v) is 13.1. The fraction of sp³-hybridized carbons (Fsp3) is 0.357. The molecule has 3 N–H and O–H groups in total. The molecule has 0 aliphatic rings. The van der Waals surface area contributed by atoms with Gasteiger partial charge in [0.2, 0.25) is 0 Å². The van der Waals surface area contributed by atoms with Gasteiger partial charge in [-0.25, -0.2) is 4.79 Å². The van der Waals surface area contributed by atoms with Crippen LogP contribution in [0.15, 0.2) is 29.0 Å². The molecule has 0 radical (unpaired) electrons. The molecule has 0 aliphatic carbocycles. The number of urea groups is 1. The average molecular weight is 310 g/mol. The van der Waals surface area contributed by atoms with Crippen molar-refractivity contribution in [1.82, 2.24) is 10.6 Å². The highest BCUT2D eigenvalue weighted by Crippen LogP contribution is 2.24. The van der Waals surface area contributed by atoms with E-state index >= 15 is 0 Å². The van der Waals surface area contributed by atoms with E-state index in [0.29, 0.717) is 6.54 Å². The van der Waals surface area contributed by atoms with Crippen LogP contribution in [0.4, 0.5) is 4.79 Å². The monoisotopic (exact) mass is 310 g/mol. The first kappa shape index (κ1) is 15.0. The third kappa shape index (κ3) is 3.82. The molecule has 0 aliphatic heterocycles. The molecule has 2 aromatic rings. The van der Waals surface area contributed by atoms with Gasteiger partial charge in [-0.05, 0) is 42.3 Å². The van der Waals surface area contributed by atoms with Crippen LogP contribution < -0.4 is 10.6 Å². The predicted octanol–water partition coefficient (Wildman–Crippen LogP) is 2.82. The maximum atomic E-state index is 11.7. The lowest BCUT2D eigenvalue weighted by Crippen LogP contribution is -2.42. The summed E-state index contributed by atoms with van der Waals surface area (Å²) < 4.78 is 0. The minimum absolute atomic E-state index is 0.183. The number of amides is 2. The lowest BCUT2D eigenvalue weighted by atomic mass is 10.1. The highest BCUT2D eigenvalue weighted by atomic mass is 32.1. The molecule has 20 heavy (non-hydrogen) atoms. The molecule has 2 rings (SSSR count). The number of carbonyl (C=O) groups is 1. The first-order valence-electron chi connectivity index (χ1n) is 6.30. The molecule has 0 aromatic carbocycles. The average Bonchev–Trinajstić information content (AvgIpc) is 3.05. The molecule has 4 nitrogen and oxygen atoms in total. The molecular weight excluding hydrogens is 292 g/mol. The number of carbonyl (C=O) groups excluding carboxylic acids is 1. The van der Waals surface area contributed by atoms with Crippen LogP contribution in [0.5, 0.6) is 0 Å². The normalized spacial score (nSPS) is 13.8. The van der Waals surface area contributed by atoms with Gasteiger partial charge in [-0.3, -0.25) is 0 Å². The zero-order chi connectivity index (χ0) is 14.6. The predicted molar refractivity (Wildman–Crippen MR) is 83.2 cm³/mol. The largest absolute Gasteiger partial charge is 0.383 e. The number of nitrogens with one attached hydrogen (secondary N) is 2. The quantitative estimate of drug-likeness (QED) is 0.795. The molecule has 0 saturated carbocycles. The van der Waals surface area contributed by atoms with E-state index < -0.39 is 5.60 Å². The van der Waals surface area contributed by atoms with E-state index in [1.54, 1.807) is 18.3 Å². The molecule has 0 spiro atoms. The van der Waals surface area contributed by atoms with Crippen molar-refractivity contribution in [2.45, 2.75) is 26.0 Å². The first-order valence-corrected chi connectivity index (χ1v) is 8.06. The summed E-state index contributed by atoms with van der Waals surface area (Å²) in [4.78, 5) is 13.7. The summed E-state index contributed by atoms with van der Waals surface area (Å²) in [6.45, 7) is 4.41. The number of aliphatic hydroxyl groups is 1. The second-order valence-corrected chi connectivity index (χ2v) is 6.76. The highest BCUT2D eigenvalue weighted by molar-refractivity contribution is 7.10. The highest BCUT2D eigenvalue weighted by Gasteiger charge is 2.24. The van der Waals surface area contributed by atoms with Crippen molar-refractivity contribution in [2.75, 3.05) is 6.54 Å². The summed E-state index contributed by atoms with van der Waals surface area (Å²) in [6.07, 6.45) is 0. The van der Waals surface area contributed by atoms with Gasteiger partial charge in [-0.1, -0.05) is 6.07 Å². The van der Waals surface area contributed by atoms with E-state index in [0.717, 1.165) is 9.75 Å². The van der Waals surface area contributed by atoms with Gasteiger partial charge < -0.3 is 15.7 Å². The zero-order valence-electron chi connectivity index (χ0n) is 11.5. The molecule has 0 bridgehead atoms. The molecule has 6 heteroatoms. The number of aryl methyl sites for hydroxylation is 1. The van der Waals surface area contributed by atoms with Crippen LogP contribution in [0.25, 0.3) is 0 Å². The molecule has 0 saturated heterocycles. The summed E-state index contributed by atoms with van der Waals surface area (Å²) >= 11 is 3.10. The van der Waals surface area contributed by atoms with Crippen LogP contribution in [-0.2, 0) is 12.1 Å². The number of rotatable bonds is 5. The Morgan fingerprint density at radius 2 is 2.10 bits per heavy atom. The molecule has 1 unspecified atom stereocenters. The van der Waals surface area contributed by atoms with Gasteiger partial charge in [0, 0.05) is 9.75 Å². The van der Waals surface area contributed by atoms with Crippen molar-refractivity contribution in [1.29, 1.82) is 0 Å². The lowest BCUT2D eigenvalue weighted by Gasteiger charge is -2.22. The third-order valence-corrected chi connectivity index (χ3v) is 5.17. The lowest BCUT2D eigenvalue weighted by molar-refractivity contribution is 0.0631. The third-order valence-electron chi connectivity index (χ3n) is 3.02. The van der Waals surface area contributed by atoms with E-state index in [1.165, 1.54) is 16.9 Å². The molecular formula is C14H18N2O2S2. The Labute approximate surface area is 126 Å². The SMILES string of the molecule is Cc1ccsc1CNC(=O)NCC(C)(O)c1cccs1. The fourth-order valence-corrected chi connectivity index (χ4v) is 3.37. The molecule has 2 heterocycles. The number of hydrogen-bond donors (Lipinski definition) is 3. The molecule has 0 fully saturated rings. The van der Waals surface area contributed by atoms with Gasteiger partial charge in [0.05, 0.1) is 13.1 Å². The summed E-state index contributed by atoms with van der Waals surface area (Å²) in [5, 5.41) is 19.7. The smallest absolute Gasteiger partial charge is 0.315 e. The van der Waals surface area contributed by atoms with Gasteiger partial charge in [0.1, 0.15) is 5.60 Å². The van der Waals surface area contributed by atoms with Crippen molar-refractivity contribution in [3.05, 3.63) is 44.3 Å². The summed E-state index contributed by atoms with van der Waals surface area (Å²) in [6, 6.07) is 5.50. The van der Waals surface area contributed by atoms with E-state index in [1.807, 2.05) is 35.9 Å². The van der Waals surface area contributed by atoms with E-state index in [-0.39, 0.29) is 12.6 Å². The van der Waals surface area contributed by atoms with Crippen molar-refractivity contribution < 1.29 is 9.90 Å². The Kier molecular flexibility index (Phi) is 4.80. The van der Waals surface area contributed by atoms with Crippen molar-refractivity contribution in [3.8, 4) is 0 Å². The molecule has 2 amide bonds. The fourth-order valence-electron chi connectivity index (χ4n) is 1.73. The van der Waals surface area contributed by atoms with Crippen molar-refractivity contribution in [3.63, 3.8) is 0 Å². The van der Waals surface area contributed by atoms with Gasteiger partial charge in [-0.15, -0.1) is 22.7 Å². The summed E-state index contributed by atoms with van der Waals surface area (Å²) in [5.74, 6) is 0. The van der Waals surface area contributed by atoms with E-state index in [2.05, 4.69) is 10.6 Å². The van der Waals surface area contributed by atoms with Gasteiger partial charge >= 0.3 is 6.03 Å². The van der Waals surface area contributed by atoms with Crippen LogP contribution in [0.3, 0.4) is 0 Å². The minimum atomic E-state index is -1.04. The Bertz CT molecular complexity index is 562. The van der Waals surface area contributed by atoms with Crippen molar-refractivity contribution in [2.24, 2.45) is 0 Å². The van der Waals surface area contributed by atoms with E-state index in [9.17, 15) is 9.90 Å². The van der Waals surface area contributed by atoms with Crippen LogP contribution in [0.1, 0.15) is 22.2 Å². The Balaban J connectivity index is 1.79. The number of thiophene rings is 2. The van der Waals surface area contributed by atoms with Crippen LogP contribution in [0, 0.1) is 6.92 Å². The Morgan fingerprint density at radius 3 is 2.70 bits per heavy atom. The second kappa shape index (κ2) is 6.39. The maximum absolute atomic E-state index is 11.7. The topological polar surface area (TPSA) is 61.4 Å². The summed E-state index contributed by atoms with van der Waals surface area (Å²) in [7, 11) is 0. The van der Waals surface area contributed by atoms with E-state index in [4.69, 9.17) is 0 Å². The van der Waals surface area contributed by atoms with Gasteiger partial charge in [-0.2, -0.15) is 0 Å². The maximum Gasteiger partial charge on any atom is 0.315 e. The van der Waals surface area contributed by atoms with Gasteiger partial charge in [0.25, 0.3) is 0 Å². The molecule has 108 valence electrons. The summed E-state index contributed by atoms with van der Waals surface area (Å²) in [5.41, 5.74) is 0.144. The van der Waals surface area contributed by atoms with Gasteiger partial charge in [0.15, 0.2) is 0 Å². The molecule has 2 aromatic heterocycles. The van der Waals surface area contributed by atoms with Crippen LogP contribution in [0.2, 0.25) is 0 Å². The van der Waals surface area contributed by atoms with Crippen molar-refractivity contribution >= 4 is 28.7 Å². The Morgan fingerprint density at radius 1 is 1.30 bits per heavy atom.